The number of hydrogen-bond donors (Lipinski definition) is 3. The molecule has 0 bridgehead atoms. The molecular formula is C23H20N4O3. The average Bonchev–Trinajstić information content (AvgIpc) is 3.08. The third-order valence-electron chi connectivity index (χ3n) is 4.67. The highest BCUT2D eigenvalue weighted by atomic mass is 16.2. The van der Waals surface area contributed by atoms with Crippen LogP contribution >= 0.6 is 0 Å². The third-order valence-corrected chi connectivity index (χ3v) is 4.67. The molecule has 0 radical (unpaired) electrons. The summed E-state index contributed by atoms with van der Waals surface area (Å²) in [6, 6.07) is 23.7. The van der Waals surface area contributed by atoms with E-state index in [2.05, 4.69) is 16.0 Å². The van der Waals surface area contributed by atoms with Gasteiger partial charge in [0.1, 0.15) is 0 Å². The first kappa shape index (κ1) is 19.2. The average molecular weight is 400 g/mol. The Bertz CT molecular complexity index is 1070. The molecule has 4 rings (SSSR count). The van der Waals surface area contributed by atoms with Gasteiger partial charge in [-0.15, -0.1) is 0 Å². The number of carbonyl (C=O) groups excluding carboxylic acids is 3. The highest BCUT2D eigenvalue weighted by Gasteiger charge is 2.28. The van der Waals surface area contributed by atoms with Crippen molar-refractivity contribution < 1.29 is 14.4 Å². The smallest absolute Gasteiger partial charge is 0.324 e. The number of hydrogen-bond acceptors (Lipinski definition) is 4. The zero-order valence-corrected chi connectivity index (χ0v) is 16.1. The number of carbonyl (C=O) groups is 3. The SMILES string of the molecule is O=C(Nc1ccc(Nc2ccccc2)cc1)c1cccc(CN2C(=O)CNC2=O)c1. The maximum absolute atomic E-state index is 12.6. The van der Waals surface area contributed by atoms with Crippen molar-refractivity contribution >= 4 is 34.9 Å². The molecule has 1 fully saturated rings. The molecule has 0 atom stereocenters. The Kier molecular flexibility index (Phi) is 5.43. The second-order valence-corrected chi connectivity index (χ2v) is 6.86. The fraction of sp³-hybridized carbons (Fsp3) is 0.0870. The van der Waals surface area contributed by atoms with Crippen LogP contribution in [0.15, 0.2) is 78.9 Å². The van der Waals surface area contributed by atoms with E-state index in [0.717, 1.165) is 16.3 Å². The number of nitrogens with zero attached hydrogens (tertiary/aromatic N) is 1. The Morgan fingerprint density at radius 3 is 2.27 bits per heavy atom. The molecule has 0 aromatic heterocycles. The summed E-state index contributed by atoms with van der Waals surface area (Å²) in [6.07, 6.45) is 0. The van der Waals surface area contributed by atoms with E-state index in [1.54, 1.807) is 24.3 Å². The van der Waals surface area contributed by atoms with Gasteiger partial charge >= 0.3 is 6.03 Å². The molecule has 0 aliphatic carbocycles. The van der Waals surface area contributed by atoms with E-state index in [0.29, 0.717) is 16.8 Å². The van der Waals surface area contributed by atoms with Crippen LogP contribution in [0.4, 0.5) is 21.9 Å². The summed E-state index contributed by atoms with van der Waals surface area (Å²) in [5.41, 5.74) is 3.71. The van der Waals surface area contributed by atoms with E-state index in [1.807, 2.05) is 54.6 Å². The van der Waals surface area contributed by atoms with Gasteiger partial charge < -0.3 is 16.0 Å². The van der Waals surface area contributed by atoms with Crippen LogP contribution < -0.4 is 16.0 Å². The Hall–Kier alpha value is -4.13. The van der Waals surface area contributed by atoms with Gasteiger partial charge in [0.2, 0.25) is 5.91 Å². The molecule has 7 heteroatoms. The maximum Gasteiger partial charge on any atom is 0.324 e. The van der Waals surface area contributed by atoms with Crippen LogP contribution in [0.2, 0.25) is 0 Å². The van der Waals surface area contributed by atoms with Gasteiger partial charge in [-0.3, -0.25) is 14.5 Å². The Labute approximate surface area is 173 Å². The minimum Gasteiger partial charge on any atom is -0.356 e. The number of para-hydroxylation sites is 1. The van der Waals surface area contributed by atoms with E-state index in [-0.39, 0.29) is 24.9 Å². The predicted octanol–water partition coefficient (Wildman–Crippen LogP) is 3.73. The highest BCUT2D eigenvalue weighted by Crippen LogP contribution is 2.19. The summed E-state index contributed by atoms with van der Waals surface area (Å²) in [7, 11) is 0. The van der Waals surface area contributed by atoms with E-state index < -0.39 is 6.03 Å². The van der Waals surface area contributed by atoms with Gasteiger partial charge in [0, 0.05) is 22.6 Å². The molecule has 30 heavy (non-hydrogen) atoms. The van der Waals surface area contributed by atoms with Gasteiger partial charge in [0.05, 0.1) is 13.1 Å². The monoisotopic (exact) mass is 400 g/mol. The zero-order valence-electron chi connectivity index (χ0n) is 16.1. The van der Waals surface area contributed by atoms with Crippen molar-refractivity contribution in [3.8, 4) is 0 Å². The Morgan fingerprint density at radius 1 is 0.867 bits per heavy atom. The van der Waals surface area contributed by atoms with Gasteiger partial charge in [0.15, 0.2) is 0 Å². The summed E-state index contributed by atoms with van der Waals surface area (Å²) >= 11 is 0. The molecule has 4 amide bonds. The molecule has 1 saturated heterocycles. The van der Waals surface area contributed by atoms with Gasteiger partial charge in [-0.1, -0.05) is 30.3 Å². The lowest BCUT2D eigenvalue weighted by Crippen LogP contribution is -2.30. The topological polar surface area (TPSA) is 90.5 Å². The summed E-state index contributed by atoms with van der Waals surface area (Å²) in [5, 5.41) is 8.63. The second-order valence-electron chi connectivity index (χ2n) is 6.86. The van der Waals surface area contributed by atoms with Crippen molar-refractivity contribution in [2.24, 2.45) is 0 Å². The number of anilines is 3. The fourth-order valence-corrected chi connectivity index (χ4v) is 3.14. The van der Waals surface area contributed by atoms with E-state index >= 15 is 0 Å². The second kappa shape index (κ2) is 8.48. The lowest BCUT2D eigenvalue weighted by atomic mass is 10.1. The number of urea groups is 1. The van der Waals surface area contributed by atoms with E-state index in [1.165, 1.54) is 0 Å². The standard InChI is InChI=1S/C23H20N4O3/c28-21-14-24-23(30)27(21)15-16-5-4-6-17(13-16)22(29)26-20-11-9-19(10-12-20)25-18-7-2-1-3-8-18/h1-13,25H,14-15H2,(H,24,30)(H,26,29). The van der Waals surface area contributed by atoms with Crippen molar-refractivity contribution in [1.82, 2.24) is 10.2 Å². The molecule has 0 saturated carbocycles. The van der Waals surface area contributed by atoms with Crippen LogP contribution in [0.25, 0.3) is 0 Å². The lowest BCUT2D eigenvalue weighted by Gasteiger charge is -2.13. The van der Waals surface area contributed by atoms with Crippen LogP contribution in [0.5, 0.6) is 0 Å². The molecular weight excluding hydrogens is 380 g/mol. The number of rotatable bonds is 6. The molecule has 3 aromatic rings. The number of amides is 4. The molecule has 150 valence electrons. The molecule has 3 aromatic carbocycles. The largest absolute Gasteiger partial charge is 0.356 e. The Morgan fingerprint density at radius 2 is 1.57 bits per heavy atom. The minimum absolute atomic E-state index is 0.00807. The molecule has 1 aliphatic heterocycles. The predicted molar refractivity (Wildman–Crippen MR) is 115 cm³/mol. The molecule has 3 N–H and O–H groups in total. The first-order valence-corrected chi connectivity index (χ1v) is 9.49. The summed E-state index contributed by atoms with van der Waals surface area (Å²) in [6.45, 7) is 0.139. The van der Waals surface area contributed by atoms with E-state index in [9.17, 15) is 14.4 Å². The summed E-state index contributed by atoms with van der Waals surface area (Å²) in [5.74, 6) is -0.545. The number of nitrogens with one attached hydrogen (secondary N) is 3. The summed E-state index contributed by atoms with van der Waals surface area (Å²) in [4.78, 5) is 37.2. The van der Waals surface area contributed by atoms with E-state index in [4.69, 9.17) is 0 Å². The van der Waals surface area contributed by atoms with Crippen LogP contribution in [-0.2, 0) is 11.3 Å². The van der Waals surface area contributed by atoms with Crippen molar-refractivity contribution in [2.45, 2.75) is 6.54 Å². The van der Waals surface area contributed by atoms with Crippen LogP contribution in [0.3, 0.4) is 0 Å². The molecule has 0 spiro atoms. The number of benzene rings is 3. The first-order valence-electron chi connectivity index (χ1n) is 9.49. The first-order chi connectivity index (χ1) is 14.6. The molecule has 1 aliphatic rings. The summed E-state index contributed by atoms with van der Waals surface area (Å²) < 4.78 is 0. The van der Waals surface area contributed by atoms with Crippen LogP contribution in [-0.4, -0.2) is 29.3 Å². The van der Waals surface area contributed by atoms with Gasteiger partial charge in [-0.05, 0) is 54.1 Å². The maximum atomic E-state index is 12.6. The fourth-order valence-electron chi connectivity index (χ4n) is 3.14. The molecule has 7 nitrogen and oxygen atoms in total. The van der Waals surface area contributed by atoms with Crippen LogP contribution in [0, 0.1) is 0 Å². The Balaban J connectivity index is 1.40. The number of imide groups is 1. The third kappa shape index (κ3) is 4.47. The van der Waals surface area contributed by atoms with Crippen molar-refractivity contribution in [3.05, 3.63) is 90.0 Å². The van der Waals surface area contributed by atoms with Gasteiger partial charge in [-0.25, -0.2) is 4.79 Å². The van der Waals surface area contributed by atoms with Gasteiger partial charge in [0.25, 0.3) is 5.91 Å². The normalized spacial score (nSPS) is 13.1. The molecule has 1 heterocycles. The molecule has 0 unspecified atom stereocenters. The van der Waals surface area contributed by atoms with Gasteiger partial charge in [-0.2, -0.15) is 0 Å². The van der Waals surface area contributed by atoms with Crippen molar-refractivity contribution in [3.63, 3.8) is 0 Å². The quantitative estimate of drug-likeness (QED) is 0.550. The minimum atomic E-state index is -0.418. The van der Waals surface area contributed by atoms with Crippen molar-refractivity contribution in [1.29, 1.82) is 0 Å². The van der Waals surface area contributed by atoms with Crippen LogP contribution in [0.1, 0.15) is 15.9 Å². The lowest BCUT2D eigenvalue weighted by molar-refractivity contribution is -0.125. The highest BCUT2D eigenvalue weighted by molar-refractivity contribution is 6.04. The van der Waals surface area contributed by atoms with Crippen molar-refractivity contribution in [2.75, 3.05) is 17.2 Å². The zero-order chi connectivity index (χ0) is 20.9.